The van der Waals surface area contributed by atoms with E-state index in [0.29, 0.717) is 19.5 Å². The minimum atomic E-state index is -0.221. The van der Waals surface area contributed by atoms with Crippen molar-refractivity contribution in [2.45, 2.75) is 31.9 Å². The number of likely N-dealkylation sites (N-methyl/N-ethyl adjacent to an activating group) is 1. The topological polar surface area (TPSA) is 67.6 Å². The second kappa shape index (κ2) is 13.4. The second-order valence-electron chi connectivity index (χ2n) is 5.68. The van der Waals surface area contributed by atoms with Crippen LogP contribution in [-0.4, -0.2) is 51.2 Å². The monoisotopic (exact) mass is 379 g/mol. The van der Waals surface area contributed by atoms with Crippen LogP contribution in [0.1, 0.15) is 30.5 Å². The van der Waals surface area contributed by atoms with E-state index in [-0.39, 0.29) is 42.9 Å². The predicted molar refractivity (Wildman–Crippen MR) is 104 cm³/mol. The maximum Gasteiger partial charge on any atom is 0.222 e. The molecule has 0 saturated heterocycles. The van der Waals surface area contributed by atoms with Crippen LogP contribution in [0.2, 0.25) is 0 Å². The molecule has 1 amide bonds. The van der Waals surface area contributed by atoms with E-state index < -0.39 is 0 Å². The van der Waals surface area contributed by atoms with Gasteiger partial charge in [0.1, 0.15) is 0 Å². The third-order valence-electron chi connectivity index (χ3n) is 3.90. The van der Waals surface area contributed by atoms with E-state index in [1.54, 1.807) is 7.11 Å². The molecule has 7 heteroatoms. The van der Waals surface area contributed by atoms with Gasteiger partial charge in [0.05, 0.1) is 18.6 Å². The van der Waals surface area contributed by atoms with Crippen molar-refractivity contribution in [1.29, 1.82) is 0 Å². The van der Waals surface area contributed by atoms with Crippen LogP contribution in [0.5, 0.6) is 0 Å². The molecule has 0 fully saturated rings. The highest BCUT2D eigenvalue weighted by molar-refractivity contribution is 5.85. The van der Waals surface area contributed by atoms with Gasteiger partial charge in [-0.15, -0.1) is 24.8 Å². The van der Waals surface area contributed by atoms with Gasteiger partial charge in [-0.25, -0.2) is 0 Å². The summed E-state index contributed by atoms with van der Waals surface area (Å²) in [6.07, 6.45) is 1.10. The summed E-state index contributed by atoms with van der Waals surface area (Å²) >= 11 is 0. The molecule has 3 N–H and O–H groups in total. The molecule has 2 unspecified atom stereocenters. The quantitative estimate of drug-likeness (QED) is 0.689. The number of carbonyl (C=O) groups is 1. The van der Waals surface area contributed by atoms with E-state index in [0.717, 1.165) is 6.42 Å². The van der Waals surface area contributed by atoms with Crippen molar-refractivity contribution < 1.29 is 9.53 Å². The van der Waals surface area contributed by atoms with Crippen LogP contribution in [0.25, 0.3) is 0 Å². The minimum absolute atomic E-state index is 0. The highest BCUT2D eigenvalue weighted by Crippen LogP contribution is 2.18. The molecule has 5 nitrogen and oxygen atoms in total. The smallest absolute Gasteiger partial charge is 0.222 e. The van der Waals surface area contributed by atoms with Gasteiger partial charge in [0.2, 0.25) is 5.91 Å². The van der Waals surface area contributed by atoms with Gasteiger partial charge in [0.25, 0.3) is 0 Å². The van der Waals surface area contributed by atoms with Crippen molar-refractivity contribution in [3.63, 3.8) is 0 Å². The SMILES string of the molecule is CCc1ccc(C(CNC(=O)CC(CN)OC)N(C)C)cc1.Cl.Cl. The number of hydrogen-bond donors (Lipinski definition) is 2. The molecule has 0 radical (unpaired) electrons. The van der Waals surface area contributed by atoms with Crippen molar-refractivity contribution in [2.75, 3.05) is 34.3 Å². The zero-order valence-corrected chi connectivity index (χ0v) is 16.6. The zero-order chi connectivity index (χ0) is 16.5. The Labute approximate surface area is 158 Å². The molecule has 1 aromatic rings. The van der Waals surface area contributed by atoms with Crippen molar-refractivity contribution in [2.24, 2.45) is 5.73 Å². The number of methoxy groups -OCH3 is 1. The lowest BCUT2D eigenvalue weighted by molar-refractivity contribution is -0.123. The third-order valence-corrected chi connectivity index (χ3v) is 3.90. The number of halogens is 2. The fourth-order valence-electron chi connectivity index (χ4n) is 2.33. The summed E-state index contributed by atoms with van der Waals surface area (Å²) in [6.45, 7) is 3.06. The van der Waals surface area contributed by atoms with Crippen LogP contribution in [0.15, 0.2) is 24.3 Å². The largest absolute Gasteiger partial charge is 0.380 e. The number of rotatable bonds is 9. The van der Waals surface area contributed by atoms with Crippen LogP contribution in [0.3, 0.4) is 0 Å². The highest BCUT2D eigenvalue weighted by atomic mass is 35.5. The normalized spacial score (nSPS) is 12.8. The number of nitrogens with two attached hydrogens (primary N) is 1. The Kier molecular flexibility index (Phi) is 14.2. The Morgan fingerprint density at radius 2 is 1.83 bits per heavy atom. The average molecular weight is 380 g/mol. The zero-order valence-electron chi connectivity index (χ0n) is 15.0. The summed E-state index contributed by atoms with van der Waals surface area (Å²) in [5, 5.41) is 2.97. The lowest BCUT2D eigenvalue weighted by atomic mass is 10.0. The van der Waals surface area contributed by atoms with E-state index in [1.165, 1.54) is 11.1 Å². The predicted octanol–water partition coefficient (Wildman–Crippen LogP) is 2.18. The molecular formula is C17H31Cl2N3O2. The van der Waals surface area contributed by atoms with Crippen molar-refractivity contribution in [3.8, 4) is 0 Å². The first-order valence-electron chi connectivity index (χ1n) is 7.76. The first-order valence-corrected chi connectivity index (χ1v) is 7.76. The molecule has 0 aliphatic rings. The molecule has 0 aliphatic heterocycles. The second-order valence-corrected chi connectivity index (χ2v) is 5.68. The lowest BCUT2D eigenvalue weighted by Crippen LogP contribution is -2.37. The summed E-state index contributed by atoms with van der Waals surface area (Å²) in [5.41, 5.74) is 8.06. The number of aryl methyl sites for hydroxylation is 1. The Morgan fingerprint density at radius 3 is 2.25 bits per heavy atom. The molecular weight excluding hydrogens is 349 g/mol. The molecule has 140 valence electrons. The Morgan fingerprint density at radius 1 is 1.25 bits per heavy atom. The number of nitrogens with one attached hydrogen (secondary N) is 1. The van der Waals surface area contributed by atoms with E-state index in [2.05, 4.69) is 41.4 Å². The molecule has 0 aromatic heterocycles. The first-order chi connectivity index (χ1) is 10.5. The Hall–Kier alpha value is -0.850. The fraction of sp³-hybridized carbons (Fsp3) is 0.588. The van der Waals surface area contributed by atoms with Gasteiger partial charge < -0.3 is 20.7 Å². The summed E-state index contributed by atoms with van der Waals surface area (Å²) in [5.74, 6) is -0.0330. The molecule has 0 heterocycles. The third kappa shape index (κ3) is 8.31. The van der Waals surface area contributed by atoms with Crippen LogP contribution in [0.4, 0.5) is 0 Å². The first kappa shape index (κ1) is 25.4. The minimum Gasteiger partial charge on any atom is -0.380 e. The number of hydrogen-bond acceptors (Lipinski definition) is 4. The number of amides is 1. The van der Waals surface area contributed by atoms with Gasteiger partial charge >= 0.3 is 0 Å². The van der Waals surface area contributed by atoms with Crippen molar-refractivity contribution in [1.82, 2.24) is 10.2 Å². The molecule has 0 saturated carbocycles. The molecule has 0 aliphatic carbocycles. The summed E-state index contributed by atoms with van der Waals surface area (Å²) < 4.78 is 5.14. The standard InChI is InChI=1S/C17H29N3O2.2ClH/c1-5-13-6-8-14(9-7-13)16(20(2)3)12-19-17(21)10-15(11-18)22-4;;/h6-9,15-16H,5,10-12,18H2,1-4H3,(H,19,21);2*1H. The van der Waals surface area contributed by atoms with Crippen LogP contribution in [-0.2, 0) is 16.0 Å². The van der Waals surface area contributed by atoms with Gasteiger partial charge in [-0.3, -0.25) is 4.79 Å². The molecule has 0 bridgehead atoms. The van der Waals surface area contributed by atoms with Gasteiger partial charge in [0.15, 0.2) is 0 Å². The number of ether oxygens (including phenoxy) is 1. The summed E-state index contributed by atoms with van der Waals surface area (Å²) in [6, 6.07) is 8.70. The van der Waals surface area contributed by atoms with E-state index in [9.17, 15) is 4.79 Å². The Bertz CT molecular complexity index is 452. The van der Waals surface area contributed by atoms with Gasteiger partial charge in [0, 0.05) is 20.2 Å². The lowest BCUT2D eigenvalue weighted by Gasteiger charge is -2.25. The molecule has 1 rings (SSSR count). The Balaban J connectivity index is 0. The number of nitrogens with zero attached hydrogens (tertiary/aromatic N) is 1. The number of carbonyl (C=O) groups excluding carboxylic acids is 1. The van der Waals surface area contributed by atoms with E-state index in [4.69, 9.17) is 10.5 Å². The van der Waals surface area contributed by atoms with E-state index >= 15 is 0 Å². The van der Waals surface area contributed by atoms with Gasteiger partial charge in [-0.05, 0) is 31.6 Å². The van der Waals surface area contributed by atoms with Gasteiger partial charge in [-0.1, -0.05) is 31.2 Å². The maximum atomic E-state index is 12.0. The average Bonchev–Trinajstić information content (AvgIpc) is 2.53. The molecule has 24 heavy (non-hydrogen) atoms. The van der Waals surface area contributed by atoms with Crippen molar-refractivity contribution >= 4 is 30.7 Å². The molecule has 1 aromatic carbocycles. The summed E-state index contributed by atoms with van der Waals surface area (Å²) in [7, 11) is 5.60. The molecule has 2 atom stereocenters. The maximum absolute atomic E-state index is 12.0. The van der Waals surface area contributed by atoms with Crippen LogP contribution in [0, 0.1) is 0 Å². The molecule has 0 spiro atoms. The van der Waals surface area contributed by atoms with Crippen LogP contribution >= 0.6 is 24.8 Å². The van der Waals surface area contributed by atoms with Gasteiger partial charge in [-0.2, -0.15) is 0 Å². The highest BCUT2D eigenvalue weighted by Gasteiger charge is 2.17. The summed E-state index contributed by atoms with van der Waals surface area (Å²) in [4.78, 5) is 14.1. The van der Waals surface area contributed by atoms with Crippen molar-refractivity contribution in [3.05, 3.63) is 35.4 Å². The van der Waals surface area contributed by atoms with Crippen LogP contribution < -0.4 is 11.1 Å². The fourth-order valence-corrected chi connectivity index (χ4v) is 2.33. The number of benzene rings is 1. The van der Waals surface area contributed by atoms with E-state index in [1.807, 2.05) is 14.1 Å².